The first-order valence-corrected chi connectivity index (χ1v) is 7.68. The van der Waals surface area contributed by atoms with Crippen LogP contribution in [0.2, 0.25) is 0 Å². The van der Waals surface area contributed by atoms with Crippen LogP contribution in [0.15, 0.2) is 0 Å². The number of nitrogens with two attached hydrogens (primary N) is 1. The van der Waals surface area contributed by atoms with E-state index in [1.165, 1.54) is 18.3 Å². The predicted molar refractivity (Wildman–Crippen MR) is 85.9 cm³/mol. The number of aryl methyl sites for hydroxylation is 1. The Morgan fingerprint density at radius 1 is 1.23 bits per heavy atom. The number of esters is 1. The number of rotatable bonds is 4. The minimum absolute atomic E-state index is 0.203. The molecule has 22 heavy (non-hydrogen) atoms. The molecule has 3 N–H and O–H groups in total. The standard InChI is InChI=1S/C15H22N2O4S/c1-7-9(3)22-12(17-14(20)15(4,5)6)10(7)13(19)21-8(2)11(16)18/h8H,1-6H3,(H2,16,18)(H,17,20)/t8-/m0/s1. The molecule has 7 heteroatoms. The molecule has 2 amide bonds. The summed E-state index contributed by atoms with van der Waals surface area (Å²) in [6.45, 7) is 10.4. The number of amides is 2. The Hall–Kier alpha value is -1.89. The number of hydrogen-bond donors (Lipinski definition) is 2. The first-order chi connectivity index (χ1) is 9.95. The summed E-state index contributed by atoms with van der Waals surface area (Å²) in [4.78, 5) is 36.3. The maximum absolute atomic E-state index is 12.3. The predicted octanol–water partition coefficient (Wildman–Crippen LogP) is 2.38. The number of hydrogen-bond acceptors (Lipinski definition) is 5. The van der Waals surface area contributed by atoms with Gasteiger partial charge in [0, 0.05) is 10.3 Å². The van der Waals surface area contributed by atoms with E-state index in [9.17, 15) is 14.4 Å². The van der Waals surface area contributed by atoms with Crippen LogP contribution in [-0.4, -0.2) is 23.9 Å². The van der Waals surface area contributed by atoms with Crippen LogP contribution in [0, 0.1) is 19.3 Å². The van der Waals surface area contributed by atoms with Crippen molar-refractivity contribution in [2.75, 3.05) is 5.32 Å². The molecule has 122 valence electrons. The Bertz CT molecular complexity index is 614. The lowest BCUT2D eigenvalue weighted by molar-refractivity contribution is -0.125. The third kappa shape index (κ3) is 4.07. The number of carbonyl (C=O) groups excluding carboxylic acids is 3. The van der Waals surface area contributed by atoms with Crippen LogP contribution in [0.1, 0.15) is 48.5 Å². The Balaban J connectivity index is 3.12. The van der Waals surface area contributed by atoms with E-state index in [0.717, 1.165) is 10.4 Å². The van der Waals surface area contributed by atoms with Gasteiger partial charge in [0.25, 0.3) is 5.91 Å². The van der Waals surface area contributed by atoms with Crippen molar-refractivity contribution in [3.63, 3.8) is 0 Å². The molecule has 1 atom stereocenters. The summed E-state index contributed by atoms with van der Waals surface area (Å²) in [5.41, 5.74) is 5.50. The molecule has 0 aliphatic heterocycles. The molecule has 0 aliphatic rings. The largest absolute Gasteiger partial charge is 0.449 e. The third-order valence-electron chi connectivity index (χ3n) is 3.18. The fraction of sp³-hybridized carbons (Fsp3) is 0.533. The van der Waals surface area contributed by atoms with Gasteiger partial charge in [-0.05, 0) is 26.3 Å². The maximum atomic E-state index is 12.3. The molecular weight excluding hydrogens is 304 g/mol. The van der Waals surface area contributed by atoms with Gasteiger partial charge in [0.05, 0.1) is 5.56 Å². The quantitative estimate of drug-likeness (QED) is 0.830. The SMILES string of the molecule is Cc1sc(NC(=O)C(C)(C)C)c(C(=O)O[C@@H](C)C(N)=O)c1C. The summed E-state index contributed by atoms with van der Waals surface area (Å²) in [5.74, 6) is -1.60. The molecule has 1 aromatic heterocycles. The topological polar surface area (TPSA) is 98.5 Å². The second kappa shape index (κ2) is 6.48. The smallest absolute Gasteiger partial charge is 0.342 e. The van der Waals surface area contributed by atoms with E-state index >= 15 is 0 Å². The van der Waals surface area contributed by atoms with Gasteiger partial charge in [-0.25, -0.2) is 4.79 Å². The molecule has 0 fully saturated rings. The van der Waals surface area contributed by atoms with Gasteiger partial charge < -0.3 is 15.8 Å². The minimum Gasteiger partial charge on any atom is -0.449 e. The zero-order valence-corrected chi connectivity index (χ0v) is 14.5. The van der Waals surface area contributed by atoms with Crippen molar-refractivity contribution in [1.29, 1.82) is 0 Å². The van der Waals surface area contributed by atoms with Crippen LogP contribution >= 0.6 is 11.3 Å². The highest BCUT2D eigenvalue weighted by atomic mass is 32.1. The van der Waals surface area contributed by atoms with E-state index in [2.05, 4.69) is 5.32 Å². The van der Waals surface area contributed by atoms with E-state index in [1.54, 1.807) is 27.7 Å². The van der Waals surface area contributed by atoms with Crippen LogP contribution in [0.4, 0.5) is 5.00 Å². The minimum atomic E-state index is -1.03. The highest BCUT2D eigenvalue weighted by molar-refractivity contribution is 7.16. The van der Waals surface area contributed by atoms with Crippen LogP contribution in [-0.2, 0) is 14.3 Å². The monoisotopic (exact) mass is 326 g/mol. The van der Waals surface area contributed by atoms with Crippen LogP contribution < -0.4 is 11.1 Å². The first kappa shape index (κ1) is 18.2. The van der Waals surface area contributed by atoms with Crippen LogP contribution in [0.25, 0.3) is 0 Å². The van der Waals surface area contributed by atoms with E-state index in [-0.39, 0.29) is 11.5 Å². The molecule has 6 nitrogen and oxygen atoms in total. The van der Waals surface area contributed by atoms with Gasteiger partial charge in [0.15, 0.2) is 6.10 Å². The Kier molecular flexibility index (Phi) is 5.35. The Morgan fingerprint density at radius 3 is 2.23 bits per heavy atom. The second-order valence-corrected chi connectivity index (χ2v) is 7.37. The zero-order valence-electron chi connectivity index (χ0n) is 13.7. The van der Waals surface area contributed by atoms with Crippen LogP contribution in [0.3, 0.4) is 0 Å². The maximum Gasteiger partial charge on any atom is 0.342 e. The third-order valence-corrected chi connectivity index (χ3v) is 4.30. The Morgan fingerprint density at radius 2 is 1.77 bits per heavy atom. The molecule has 0 aliphatic carbocycles. The molecule has 0 bridgehead atoms. The fourth-order valence-electron chi connectivity index (χ4n) is 1.53. The van der Waals surface area contributed by atoms with Gasteiger partial charge >= 0.3 is 5.97 Å². The summed E-state index contributed by atoms with van der Waals surface area (Å²) in [7, 11) is 0. The summed E-state index contributed by atoms with van der Waals surface area (Å²) in [5, 5.41) is 3.19. The molecule has 0 saturated heterocycles. The van der Waals surface area contributed by atoms with Crippen molar-refractivity contribution in [3.8, 4) is 0 Å². The van der Waals surface area contributed by atoms with Crippen molar-refractivity contribution in [1.82, 2.24) is 0 Å². The van der Waals surface area contributed by atoms with Crippen molar-refractivity contribution >= 4 is 34.1 Å². The number of primary amides is 1. The molecular formula is C15H22N2O4S. The molecule has 0 radical (unpaired) electrons. The fourth-order valence-corrected chi connectivity index (χ4v) is 2.57. The Labute approximate surface area is 134 Å². The molecule has 0 spiro atoms. The molecule has 0 unspecified atom stereocenters. The van der Waals surface area contributed by atoms with Gasteiger partial charge in [-0.3, -0.25) is 9.59 Å². The van der Waals surface area contributed by atoms with Crippen molar-refractivity contribution in [3.05, 3.63) is 16.0 Å². The van der Waals surface area contributed by atoms with Gasteiger partial charge in [-0.15, -0.1) is 11.3 Å². The summed E-state index contributed by atoms with van der Waals surface area (Å²) in [6.07, 6.45) is -1.03. The number of anilines is 1. The van der Waals surface area contributed by atoms with E-state index < -0.39 is 23.4 Å². The summed E-state index contributed by atoms with van der Waals surface area (Å²) < 4.78 is 5.04. The number of nitrogens with one attached hydrogen (secondary N) is 1. The van der Waals surface area contributed by atoms with Gasteiger partial charge in [-0.1, -0.05) is 20.8 Å². The number of thiophene rings is 1. The zero-order chi connectivity index (χ0) is 17.2. The lowest BCUT2D eigenvalue weighted by Gasteiger charge is -2.18. The van der Waals surface area contributed by atoms with E-state index in [1.807, 2.05) is 6.92 Å². The van der Waals surface area contributed by atoms with Gasteiger partial charge in [0.1, 0.15) is 5.00 Å². The molecule has 1 rings (SSSR count). The van der Waals surface area contributed by atoms with Gasteiger partial charge in [0.2, 0.25) is 5.91 Å². The summed E-state index contributed by atoms with van der Waals surface area (Å²) in [6, 6.07) is 0. The number of ether oxygens (including phenoxy) is 1. The normalized spacial score (nSPS) is 12.6. The second-order valence-electron chi connectivity index (χ2n) is 6.14. The lowest BCUT2D eigenvalue weighted by atomic mass is 9.96. The van der Waals surface area contributed by atoms with Crippen molar-refractivity contribution in [2.24, 2.45) is 11.1 Å². The van der Waals surface area contributed by atoms with Gasteiger partial charge in [-0.2, -0.15) is 0 Å². The average Bonchev–Trinajstić information content (AvgIpc) is 2.63. The van der Waals surface area contributed by atoms with Crippen molar-refractivity contribution in [2.45, 2.75) is 47.6 Å². The lowest BCUT2D eigenvalue weighted by Crippen LogP contribution is -2.31. The summed E-state index contributed by atoms with van der Waals surface area (Å²) >= 11 is 1.30. The van der Waals surface area contributed by atoms with E-state index in [4.69, 9.17) is 10.5 Å². The van der Waals surface area contributed by atoms with Crippen LogP contribution in [0.5, 0.6) is 0 Å². The van der Waals surface area contributed by atoms with E-state index in [0.29, 0.717) is 5.00 Å². The first-order valence-electron chi connectivity index (χ1n) is 6.87. The highest BCUT2D eigenvalue weighted by Gasteiger charge is 2.28. The molecule has 0 saturated carbocycles. The van der Waals surface area contributed by atoms with Crippen molar-refractivity contribution < 1.29 is 19.1 Å². The average molecular weight is 326 g/mol. The molecule has 0 aromatic carbocycles. The molecule has 1 heterocycles. The highest BCUT2D eigenvalue weighted by Crippen LogP contribution is 2.34. The molecule has 1 aromatic rings. The number of carbonyl (C=O) groups is 3.